The van der Waals surface area contributed by atoms with Crippen molar-refractivity contribution in [1.82, 2.24) is 0 Å². The first-order valence-corrected chi connectivity index (χ1v) is 6.16. The Morgan fingerprint density at radius 1 is 1.06 bits per heavy atom. The smallest absolute Gasteiger partial charge is 0.116 e. The van der Waals surface area contributed by atoms with Crippen molar-refractivity contribution in [1.29, 1.82) is 0 Å². The third-order valence-electron chi connectivity index (χ3n) is 4.67. The Bertz CT molecular complexity index is 386. The molecule has 0 bridgehead atoms. The molecule has 0 radical (unpaired) electrons. The highest BCUT2D eigenvalue weighted by Gasteiger charge is 2.46. The van der Waals surface area contributed by atoms with E-state index >= 15 is 0 Å². The molecule has 1 aliphatic rings. The van der Waals surface area contributed by atoms with Crippen molar-refractivity contribution < 1.29 is 5.11 Å². The van der Waals surface area contributed by atoms with Crippen LogP contribution in [-0.2, 0) is 5.41 Å². The van der Waals surface area contributed by atoms with Crippen molar-refractivity contribution in [3.8, 4) is 5.75 Å². The molecule has 1 saturated carbocycles. The Balaban J connectivity index is 2.50. The summed E-state index contributed by atoms with van der Waals surface area (Å²) >= 11 is 0. The molecular weight excluding hydrogens is 196 g/mol. The normalized spacial score (nSPS) is 28.2. The molecule has 0 unspecified atom stereocenters. The number of benzene rings is 1. The highest BCUT2D eigenvalue weighted by molar-refractivity contribution is 5.39. The van der Waals surface area contributed by atoms with Gasteiger partial charge in [0.05, 0.1) is 0 Å². The summed E-state index contributed by atoms with van der Waals surface area (Å²) in [6.45, 7) is 9.08. The van der Waals surface area contributed by atoms with Gasteiger partial charge in [-0.1, -0.05) is 33.3 Å². The molecule has 1 aromatic carbocycles. The number of phenolic OH excluding ortho intramolecular Hbond substituents is 1. The van der Waals surface area contributed by atoms with Crippen LogP contribution in [0.4, 0.5) is 0 Å². The molecular formula is C15H22O. The molecule has 1 fully saturated rings. The van der Waals surface area contributed by atoms with Crippen LogP contribution in [0.25, 0.3) is 0 Å². The SMILES string of the molecule is Cc1cc(O)cc([C@]2(C)CCCC2(C)C)c1. The maximum atomic E-state index is 9.74. The van der Waals surface area contributed by atoms with Crippen LogP contribution in [0.3, 0.4) is 0 Å². The van der Waals surface area contributed by atoms with E-state index in [4.69, 9.17) is 0 Å². The van der Waals surface area contributed by atoms with Crippen LogP contribution in [0.5, 0.6) is 5.75 Å². The van der Waals surface area contributed by atoms with E-state index in [9.17, 15) is 5.11 Å². The van der Waals surface area contributed by atoms with E-state index in [1.807, 2.05) is 12.1 Å². The maximum absolute atomic E-state index is 9.74. The standard InChI is InChI=1S/C15H22O/c1-11-8-12(10-13(16)9-11)15(4)7-5-6-14(15,2)3/h8-10,16H,5-7H2,1-4H3/t15-/m0/s1. The zero-order valence-electron chi connectivity index (χ0n) is 10.8. The lowest BCUT2D eigenvalue weighted by Crippen LogP contribution is -2.33. The van der Waals surface area contributed by atoms with Gasteiger partial charge in [0.15, 0.2) is 0 Å². The Morgan fingerprint density at radius 2 is 1.75 bits per heavy atom. The van der Waals surface area contributed by atoms with Crippen molar-refractivity contribution >= 4 is 0 Å². The second-order valence-electron chi connectivity index (χ2n) is 6.13. The summed E-state index contributed by atoms with van der Waals surface area (Å²) in [6.07, 6.45) is 3.79. The zero-order chi connectivity index (χ0) is 12.0. The Hall–Kier alpha value is -0.980. The van der Waals surface area contributed by atoms with E-state index in [1.165, 1.54) is 24.8 Å². The molecule has 88 valence electrons. The second kappa shape index (κ2) is 3.51. The van der Waals surface area contributed by atoms with Crippen molar-refractivity contribution in [3.63, 3.8) is 0 Å². The van der Waals surface area contributed by atoms with Crippen molar-refractivity contribution in [2.75, 3.05) is 0 Å². The van der Waals surface area contributed by atoms with E-state index in [1.54, 1.807) is 0 Å². The highest BCUT2D eigenvalue weighted by Crippen LogP contribution is 2.54. The van der Waals surface area contributed by atoms with Crippen LogP contribution in [-0.4, -0.2) is 5.11 Å². The molecule has 2 rings (SSSR count). The van der Waals surface area contributed by atoms with E-state index in [0.29, 0.717) is 11.2 Å². The average molecular weight is 218 g/mol. The summed E-state index contributed by atoms with van der Waals surface area (Å²) in [4.78, 5) is 0. The van der Waals surface area contributed by atoms with E-state index in [2.05, 4.69) is 33.8 Å². The van der Waals surface area contributed by atoms with Gasteiger partial charge in [-0.2, -0.15) is 0 Å². The van der Waals surface area contributed by atoms with Gasteiger partial charge in [-0.05, 0) is 53.9 Å². The van der Waals surface area contributed by atoms with Crippen molar-refractivity contribution in [3.05, 3.63) is 29.3 Å². The molecule has 1 aliphatic carbocycles. The zero-order valence-corrected chi connectivity index (χ0v) is 10.8. The Kier molecular flexibility index (Phi) is 2.52. The van der Waals surface area contributed by atoms with Gasteiger partial charge in [0.2, 0.25) is 0 Å². The van der Waals surface area contributed by atoms with E-state index < -0.39 is 0 Å². The maximum Gasteiger partial charge on any atom is 0.116 e. The molecule has 0 saturated heterocycles. The molecule has 1 N–H and O–H groups in total. The van der Waals surface area contributed by atoms with E-state index in [-0.39, 0.29) is 5.41 Å². The molecule has 0 spiro atoms. The van der Waals surface area contributed by atoms with Crippen LogP contribution >= 0.6 is 0 Å². The van der Waals surface area contributed by atoms with Gasteiger partial charge >= 0.3 is 0 Å². The first-order valence-electron chi connectivity index (χ1n) is 6.16. The fourth-order valence-corrected chi connectivity index (χ4v) is 3.11. The minimum absolute atomic E-state index is 0.205. The van der Waals surface area contributed by atoms with Crippen LogP contribution < -0.4 is 0 Å². The lowest BCUT2D eigenvalue weighted by Gasteiger charge is -2.39. The fourth-order valence-electron chi connectivity index (χ4n) is 3.11. The molecule has 16 heavy (non-hydrogen) atoms. The molecule has 0 heterocycles. The number of phenols is 1. The van der Waals surface area contributed by atoms with Crippen LogP contribution in [0.2, 0.25) is 0 Å². The lowest BCUT2D eigenvalue weighted by molar-refractivity contribution is 0.224. The van der Waals surface area contributed by atoms with Crippen LogP contribution in [0.1, 0.15) is 51.2 Å². The van der Waals surface area contributed by atoms with Gasteiger partial charge in [0.25, 0.3) is 0 Å². The summed E-state index contributed by atoms with van der Waals surface area (Å²) in [5, 5.41) is 9.74. The number of hydrogen-bond donors (Lipinski definition) is 1. The summed E-state index contributed by atoms with van der Waals surface area (Å²) < 4.78 is 0. The summed E-state index contributed by atoms with van der Waals surface area (Å²) in [7, 11) is 0. The Morgan fingerprint density at radius 3 is 2.25 bits per heavy atom. The number of rotatable bonds is 1. The molecule has 0 aliphatic heterocycles. The molecule has 1 nitrogen and oxygen atoms in total. The predicted octanol–water partition coefficient (Wildman–Crippen LogP) is 4.17. The number of aromatic hydroxyl groups is 1. The van der Waals surface area contributed by atoms with Crippen LogP contribution in [0, 0.1) is 12.3 Å². The average Bonchev–Trinajstić information content (AvgIpc) is 2.41. The largest absolute Gasteiger partial charge is 0.508 e. The number of aryl methyl sites for hydroxylation is 1. The molecule has 0 amide bonds. The second-order valence-corrected chi connectivity index (χ2v) is 6.13. The summed E-state index contributed by atoms with van der Waals surface area (Å²) in [6, 6.07) is 6.00. The van der Waals surface area contributed by atoms with E-state index in [0.717, 1.165) is 5.56 Å². The molecule has 0 aromatic heterocycles. The fraction of sp³-hybridized carbons (Fsp3) is 0.600. The third-order valence-corrected chi connectivity index (χ3v) is 4.67. The first kappa shape index (κ1) is 11.5. The topological polar surface area (TPSA) is 20.2 Å². The van der Waals surface area contributed by atoms with Gasteiger partial charge in [0, 0.05) is 0 Å². The summed E-state index contributed by atoms with van der Waals surface area (Å²) in [5.74, 6) is 0.402. The van der Waals surface area contributed by atoms with Crippen LogP contribution in [0.15, 0.2) is 18.2 Å². The van der Waals surface area contributed by atoms with Crippen molar-refractivity contribution in [2.45, 2.75) is 52.4 Å². The monoisotopic (exact) mass is 218 g/mol. The molecule has 1 heteroatoms. The van der Waals surface area contributed by atoms with Crippen molar-refractivity contribution in [2.24, 2.45) is 5.41 Å². The van der Waals surface area contributed by atoms with Gasteiger partial charge < -0.3 is 5.11 Å². The minimum Gasteiger partial charge on any atom is -0.508 e. The number of hydrogen-bond acceptors (Lipinski definition) is 1. The molecule has 1 atom stereocenters. The predicted molar refractivity (Wildman–Crippen MR) is 67.8 cm³/mol. The third kappa shape index (κ3) is 1.63. The first-order chi connectivity index (χ1) is 7.35. The van der Waals surface area contributed by atoms with Gasteiger partial charge in [-0.3, -0.25) is 0 Å². The van der Waals surface area contributed by atoms with Gasteiger partial charge in [-0.15, -0.1) is 0 Å². The Labute approximate surface area is 98.5 Å². The van der Waals surface area contributed by atoms with Gasteiger partial charge in [0.1, 0.15) is 5.75 Å². The quantitative estimate of drug-likeness (QED) is 0.750. The summed E-state index contributed by atoms with van der Waals surface area (Å²) in [5.41, 5.74) is 2.98. The highest BCUT2D eigenvalue weighted by atomic mass is 16.3. The lowest BCUT2D eigenvalue weighted by atomic mass is 9.65. The molecule has 1 aromatic rings. The minimum atomic E-state index is 0.205. The van der Waals surface area contributed by atoms with Gasteiger partial charge in [-0.25, -0.2) is 0 Å².